The van der Waals surface area contributed by atoms with Crippen LogP contribution in [-0.2, 0) is 12.8 Å². The summed E-state index contributed by atoms with van der Waals surface area (Å²) in [5, 5.41) is 7.70. The first kappa shape index (κ1) is 20.8. The van der Waals surface area contributed by atoms with Gasteiger partial charge in [0.25, 0.3) is 11.8 Å². The third kappa shape index (κ3) is 3.93. The summed E-state index contributed by atoms with van der Waals surface area (Å²) in [5.41, 5.74) is 5.88. The third-order valence-electron chi connectivity index (χ3n) is 6.17. The van der Waals surface area contributed by atoms with E-state index in [1.54, 1.807) is 6.07 Å². The predicted octanol–water partition coefficient (Wildman–Crippen LogP) is 4.11. The first-order valence-electron chi connectivity index (χ1n) is 11.1. The van der Waals surface area contributed by atoms with Gasteiger partial charge in [-0.05, 0) is 62.1 Å². The van der Waals surface area contributed by atoms with Crippen molar-refractivity contribution >= 4 is 29.3 Å². The lowest BCUT2D eigenvalue weighted by atomic mass is 10.1. The zero-order valence-electron chi connectivity index (χ0n) is 18.1. The number of amides is 2. The number of hydrogen-bond donors (Lipinski definition) is 1. The molecule has 0 atom stereocenters. The number of nitrogens with one attached hydrogen (secondary N) is 1. The van der Waals surface area contributed by atoms with Crippen molar-refractivity contribution in [3.05, 3.63) is 76.6 Å². The van der Waals surface area contributed by atoms with E-state index in [0.29, 0.717) is 16.9 Å². The van der Waals surface area contributed by atoms with E-state index in [4.69, 9.17) is 0 Å². The van der Waals surface area contributed by atoms with Gasteiger partial charge in [-0.2, -0.15) is 16.9 Å². The third-order valence-corrected chi connectivity index (χ3v) is 7.11. The second-order valence-electron chi connectivity index (χ2n) is 8.26. The summed E-state index contributed by atoms with van der Waals surface area (Å²) in [5.74, 6) is 1.83. The molecule has 1 aliphatic heterocycles. The van der Waals surface area contributed by atoms with Crippen LogP contribution in [-0.4, -0.2) is 51.1 Å². The van der Waals surface area contributed by atoms with Crippen molar-refractivity contribution in [1.82, 2.24) is 14.7 Å². The lowest BCUT2D eigenvalue weighted by Crippen LogP contribution is -2.37. The quantitative estimate of drug-likeness (QED) is 0.655. The van der Waals surface area contributed by atoms with Gasteiger partial charge in [-0.3, -0.25) is 9.59 Å². The molecule has 32 heavy (non-hydrogen) atoms. The standard InChI is InChI=1S/C25H26N4O2S/c1-17-16-18(25(31)28-12-14-32-15-13-28)10-11-21(17)26-24(30)23-20-8-5-9-22(20)29(27-23)19-6-3-2-4-7-19/h2-4,6-7,10-11,16H,5,8-9,12-15H2,1H3,(H,26,30). The number of para-hydroxylation sites is 1. The number of fused-ring (bicyclic) bond motifs is 1. The fourth-order valence-electron chi connectivity index (χ4n) is 4.47. The molecule has 2 aromatic carbocycles. The van der Waals surface area contributed by atoms with Crippen LogP contribution in [0.4, 0.5) is 5.69 Å². The highest BCUT2D eigenvalue weighted by atomic mass is 32.2. The number of aryl methyl sites for hydroxylation is 1. The van der Waals surface area contributed by atoms with Crippen LogP contribution in [0.5, 0.6) is 0 Å². The molecule has 5 rings (SSSR count). The first-order valence-corrected chi connectivity index (χ1v) is 12.2. The van der Waals surface area contributed by atoms with E-state index < -0.39 is 0 Å². The van der Waals surface area contributed by atoms with Crippen LogP contribution in [0.1, 0.15) is 44.1 Å². The van der Waals surface area contributed by atoms with E-state index in [2.05, 4.69) is 10.4 Å². The normalized spacial score (nSPS) is 15.5. The second kappa shape index (κ2) is 8.82. The number of nitrogens with zero attached hydrogens (tertiary/aromatic N) is 3. The van der Waals surface area contributed by atoms with E-state index >= 15 is 0 Å². The summed E-state index contributed by atoms with van der Waals surface area (Å²) in [6.07, 6.45) is 2.83. The Kier molecular flexibility index (Phi) is 5.74. The molecule has 2 aliphatic rings. The summed E-state index contributed by atoms with van der Waals surface area (Å²) in [7, 11) is 0. The van der Waals surface area contributed by atoms with E-state index in [1.807, 2.05) is 70.7 Å². The summed E-state index contributed by atoms with van der Waals surface area (Å²) < 4.78 is 1.91. The number of thioether (sulfide) groups is 1. The topological polar surface area (TPSA) is 67.2 Å². The average molecular weight is 447 g/mol. The van der Waals surface area contributed by atoms with Gasteiger partial charge < -0.3 is 10.2 Å². The van der Waals surface area contributed by atoms with E-state index in [-0.39, 0.29) is 11.8 Å². The number of aromatic nitrogens is 2. The SMILES string of the molecule is Cc1cc(C(=O)N2CCSCC2)ccc1NC(=O)c1nn(-c2ccccc2)c2c1CCC2. The maximum Gasteiger partial charge on any atom is 0.276 e. The van der Waals surface area contributed by atoms with Crippen LogP contribution < -0.4 is 5.32 Å². The van der Waals surface area contributed by atoms with Crippen LogP contribution in [0.3, 0.4) is 0 Å². The number of benzene rings is 2. The fraction of sp³-hybridized carbons (Fsp3) is 0.320. The molecule has 1 N–H and O–H groups in total. The number of anilines is 1. The molecule has 0 spiro atoms. The van der Waals surface area contributed by atoms with E-state index in [9.17, 15) is 9.59 Å². The van der Waals surface area contributed by atoms with Crippen LogP contribution in [0, 0.1) is 6.92 Å². The lowest BCUT2D eigenvalue weighted by molar-refractivity contribution is 0.0772. The molecule has 6 nitrogen and oxygen atoms in total. The molecule has 0 saturated carbocycles. The highest BCUT2D eigenvalue weighted by Crippen LogP contribution is 2.29. The number of hydrogen-bond acceptors (Lipinski definition) is 4. The Morgan fingerprint density at radius 2 is 1.81 bits per heavy atom. The Balaban J connectivity index is 1.37. The Hall–Kier alpha value is -3.06. The van der Waals surface area contributed by atoms with Crippen molar-refractivity contribution in [3.8, 4) is 5.69 Å². The van der Waals surface area contributed by atoms with Crippen molar-refractivity contribution in [2.45, 2.75) is 26.2 Å². The minimum absolute atomic E-state index is 0.0608. The highest BCUT2D eigenvalue weighted by molar-refractivity contribution is 7.99. The maximum atomic E-state index is 13.2. The Morgan fingerprint density at radius 1 is 1.03 bits per heavy atom. The van der Waals surface area contributed by atoms with Gasteiger partial charge >= 0.3 is 0 Å². The molecule has 164 valence electrons. The first-order chi connectivity index (χ1) is 15.6. The molecule has 1 fully saturated rings. The van der Waals surface area contributed by atoms with Crippen LogP contribution >= 0.6 is 11.8 Å². The van der Waals surface area contributed by atoms with Crippen molar-refractivity contribution < 1.29 is 9.59 Å². The minimum atomic E-state index is -0.201. The molecule has 1 aromatic heterocycles. The molecular weight excluding hydrogens is 420 g/mol. The summed E-state index contributed by atoms with van der Waals surface area (Å²) >= 11 is 1.88. The molecule has 2 amide bonds. The Labute approximate surface area is 192 Å². The minimum Gasteiger partial charge on any atom is -0.337 e. The van der Waals surface area contributed by atoms with E-state index in [0.717, 1.165) is 66.4 Å². The van der Waals surface area contributed by atoms with Gasteiger partial charge in [-0.1, -0.05) is 18.2 Å². The zero-order valence-corrected chi connectivity index (χ0v) is 19.0. The Bertz CT molecular complexity index is 1170. The molecule has 1 aliphatic carbocycles. The number of rotatable bonds is 4. The van der Waals surface area contributed by atoms with Gasteiger partial charge in [-0.15, -0.1) is 0 Å². The number of carbonyl (C=O) groups excluding carboxylic acids is 2. The van der Waals surface area contributed by atoms with Crippen molar-refractivity contribution in [3.63, 3.8) is 0 Å². The summed E-state index contributed by atoms with van der Waals surface area (Å²) in [6, 6.07) is 15.4. The highest BCUT2D eigenvalue weighted by Gasteiger charge is 2.27. The maximum absolute atomic E-state index is 13.2. The van der Waals surface area contributed by atoms with Gasteiger partial charge in [0, 0.05) is 47.1 Å². The van der Waals surface area contributed by atoms with Crippen molar-refractivity contribution in [2.75, 3.05) is 29.9 Å². The molecule has 2 heterocycles. The smallest absolute Gasteiger partial charge is 0.276 e. The molecule has 0 radical (unpaired) electrons. The van der Waals surface area contributed by atoms with Crippen LogP contribution in [0.2, 0.25) is 0 Å². The zero-order chi connectivity index (χ0) is 22.1. The lowest BCUT2D eigenvalue weighted by Gasteiger charge is -2.26. The van der Waals surface area contributed by atoms with Gasteiger partial charge in [0.05, 0.1) is 5.69 Å². The van der Waals surface area contributed by atoms with E-state index in [1.165, 1.54) is 0 Å². The fourth-order valence-corrected chi connectivity index (χ4v) is 5.37. The van der Waals surface area contributed by atoms with Crippen molar-refractivity contribution in [2.24, 2.45) is 0 Å². The summed E-state index contributed by atoms with van der Waals surface area (Å²) in [4.78, 5) is 27.9. The molecule has 0 unspecified atom stereocenters. The van der Waals surface area contributed by atoms with Crippen molar-refractivity contribution in [1.29, 1.82) is 0 Å². The molecule has 1 saturated heterocycles. The molecule has 7 heteroatoms. The second-order valence-corrected chi connectivity index (χ2v) is 9.49. The Morgan fingerprint density at radius 3 is 2.56 bits per heavy atom. The monoisotopic (exact) mass is 446 g/mol. The molecule has 3 aromatic rings. The predicted molar refractivity (Wildman–Crippen MR) is 128 cm³/mol. The van der Waals surface area contributed by atoms with Crippen LogP contribution in [0.15, 0.2) is 48.5 Å². The van der Waals surface area contributed by atoms with Crippen LogP contribution in [0.25, 0.3) is 5.69 Å². The van der Waals surface area contributed by atoms with Gasteiger partial charge in [0.15, 0.2) is 5.69 Å². The molecule has 0 bridgehead atoms. The largest absolute Gasteiger partial charge is 0.337 e. The average Bonchev–Trinajstić information content (AvgIpc) is 3.44. The number of carbonyl (C=O) groups is 2. The molecular formula is C25H26N4O2S. The summed E-state index contributed by atoms with van der Waals surface area (Å²) in [6.45, 7) is 3.50. The van der Waals surface area contributed by atoms with Gasteiger partial charge in [0.1, 0.15) is 0 Å². The van der Waals surface area contributed by atoms with Gasteiger partial charge in [0.2, 0.25) is 0 Å². The van der Waals surface area contributed by atoms with Gasteiger partial charge in [-0.25, -0.2) is 4.68 Å².